The van der Waals surface area contributed by atoms with Gasteiger partial charge in [0.1, 0.15) is 0 Å². The molecule has 0 amide bonds. The fourth-order valence-electron chi connectivity index (χ4n) is 0. The van der Waals surface area contributed by atoms with Crippen LogP contribution in [0.4, 0.5) is 12.9 Å². The number of rotatable bonds is 1. The van der Waals surface area contributed by atoms with Gasteiger partial charge in [0.05, 0.1) is 0 Å². The standard InChI is InChI=1S/BF3H3N/c2-1(3,4)5/h5H3/i5D3. The summed E-state index contributed by atoms with van der Waals surface area (Å²) < 4.78 is 50.4. The highest BCUT2D eigenvalue weighted by Gasteiger charge is 2.24. The first-order valence-electron chi connectivity index (χ1n) is 2.25. The SMILES string of the molecule is [2H][N+]([2H])([2H])[B-](F)(F)F. The van der Waals surface area contributed by atoms with Gasteiger partial charge in [-0.3, -0.25) is 0 Å². The summed E-state index contributed by atoms with van der Waals surface area (Å²) in [7, 11) is -5.71. The van der Waals surface area contributed by atoms with Crippen LogP contribution in [0, 0.1) is 0 Å². The van der Waals surface area contributed by atoms with Gasteiger partial charge in [-0.25, -0.2) is 0 Å². The Morgan fingerprint density at radius 2 is 1.80 bits per heavy atom. The molecule has 0 aliphatic rings. The van der Waals surface area contributed by atoms with Crippen molar-refractivity contribution in [2.24, 2.45) is 0 Å². The van der Waals surface area contributed by atoms with Crippen LogP contribution in [-0.2, 0) is 0 Å². The van der Waals surface area contributed by atoms with Gasteiger partial charge in [-0.1, -0.05) is 0 Å². The predicted octanol–water partition coefficient (Wildman–Crippen LogP) is -0.428. The summed E-state index contributed by atoms with van der Waals surface area (Å²) in [4.78, 5) is 0. The molecule has 0 aromatic rings. The van der Waals surface area contributed by atoms with Crippen molar-refractivity contribution < 1.29 is 22.8 Å². The van der Waals surface area contributed by atoms with Gasteiger partial charge >= 0.3 is 7.11 Å². The average molecular weight is 87.9 g/mol. The quantitative estimate of drug-likeness (QED) is 0.421. The second-order valence-corrected chi connectivity index (χ2v) is 0.540. The summed E-state index contributed by atoms with van der Waals surface area (Å²) in [6.45, 7) is 0. The molecule has 0 heterocycles. The highest BCUT2D eigenvalue weighted by molar-refractivity contribution is 6.47. The highest BCUT2D eigenvalue weighted by Crippen LogP contribution is 1.90. The van der Waals surface area contributed by atoms with Gasteiger partial charge in [-0.15, -0.1) is 0 Å². The topological polar surface area (TPSA) is 27.6 Å². The summed E-state index contributed by atoms with van der Waals surface area (Å²) in [5.74, 6) is 0. The highest BCUT2D eigenvalue weighted by atomic mass is 19.4. The molecule has 0 atom stereocenters. The van der Waals surface area contributed by atoms with Gasteiger partial charge in [0.15, 0.2) is 0 Å². The lowest BCUT2D eigenvalue weighted by atomic mass is 10.2. The van der Waals surface area contributed by atoms with E-state index in [9.17, 15) is 12.9 Å². The molecule has 0 saturated carbocycles. The third-order valence-corrected chi connectivity index (χ3v) is 0. The third kappa shape index (κ3) is 367. The molecule has 0 rings (SSSR count). The predicted molar refractivity (Wildman–Crippen MR) is 12.0 cm³/mol. The van der Waals surface area contributed by atoms with Crippen molar-refractivity contribution in [3.63, 3.8) is 0 Å². The van der Waals surface area contributed by atoms with Crippen molar-refractivity contribution in [2.75, 3.05) is 0 Å². The second-order valence-electron chi connectivity index (χ2n) is 0.540. The third-order valence-electron chi connectivity index (χ3n) is 0. The van der Waals surface area contributed by atoms with E-state index in [4.69, 9.17) is 4.24 Å². The molecule has 32 valence electrons. The molecule has 3 N–H and O–H groups in total. The first kappa shape index (κ1) is 1.51. The zero-order valence-electron chi connectivity index (χ0n) is 5.16. The maximum Gasteiger partial charge on any atom is 0.728 e. The van der Waals surface area contributed by atoms with Gasteiger partial charge in [0.25, 0.3) is 4.24 Å². The van der Waals surface area contributed by atoms with Gasteiger partial charge in [0.2, 0.25) is 0 Å². The van der Waals surface area contributed by atoms with E-state index in [1.54, 1.807) is 0 Å². The van der Waals surface area contributed by atoms with E-state index < -0.39 is 12.7 Å². The Balaban J connectivity index is 4.02. The van der Waals surface area contributed by atoms with E-state index in [0.29, 0.717) is 0 Å². The van der Waals surface area contributed by atoms with Crippen molar-refractivity contribution >= 4 is 7.11 Å². The number of quaternary nitrogens is 1. The average Bonchev–Trinajstić information content (AvgIpc) is 1.25. The molecule has 0 radical (unpaired) electrons. The van der Waals surface area contributed by atoms with Crippen molar-refractivity contribution in [3.8, 4) is 0 Å². The van der Waals surface area contributed by atoms with E-state index >= 15 is 0 Å². The zero-order chi connectivity index (χ0) is 7.00. The van der Waals surface area contributed by atoms with E-state index in [0.717, 1.165) is 0 Å². The van der Waals surface area contributed by atoms with Gasteiger partial charge in [0, 0.05) is 0 Å². The lowest BCUT2D eigenvalue weighted by molar-refractivity contribution is -0.260. The Kier molecular flexibility index (Phi) is 0.270. The summed E-state index contributed by atoms with van der Waals surface area (Å²) >= 11 is 0. The Labute approximate surface area is 31.4 Å². The Morgan fingerprint density at radius 3 is 1.80 bits per heavy atom. The van der Waals surface area contributed by atoms with Gasteiger partial charge in [-0.05, 0) is 0 Å². The second kappa shape index (κ2) is 0.894. The lowest BCUT2D eigenvalue weighted by Crippen LogP contribution is -2.69. The molecule has 5 heavy (non-hydrogen) atoms. The molecule has 0 aliphatic carbocycles. The van der Waals surface area contributed by atoms with Crippen molar-refractivity contribution in [3.05, 3.63) is 0 Å². The maximum absolute atomic E-state index is 11.0. The molecular formula is H3BF3N. The molecule has 0 aromatic carbocycles. The van der Waals surface area contributed by atoms with Gasteiger partial charge in [-0.2, -0.15) is 0 Å². The fraction of sp³-hybridized carbons (Fsp3) is 0. The first-order valence-corrected chi connectivity index (χ1v) is 0.913. The minimum absolute atomic E-state index is 3.17. The summed E-state index contributed by atoms with van der Waals surface area (Å²) in [6.07, 6.45) is 0. The molecule has 1 nitrogen and oxygen atoms in total. The zero-order valence-corrected chi connectivity index (χ0v) is 2.16. The smallest absolute Gasteiger partial charge is 0.455 e. The van der Waals surface area contributed by atoms with Gasteiger partial charge < -0.3 is 18.6 Å². The van der Waals surface area contributed by atoms with Crippen LogP contribution in [0.25, 0.3) is 0 Å². The molecule has 0 aliphatic heterocycles. The van der Waals surface area contributed by atoms with E-state index in [2.05, 4.69) is 0 Å². The Hall–Kier alpha value is -0.185. The van der Waals surface area contributed by atoms with Crippen LogP contribution >= 0.6 is 0 Å². The Morgan fingerprint density at radius 1 is 1.60 bits per heavy atom. The minimum atomic E-state index is -5.71. The van der Waals surface area contributed by atoms with Crippen molar-refractivity contribution in [2.45, 2.75) is 0 Å². The molecule has 0 unspecified atom stereocenters. The molecule has 0 bridgehead atoms. The van der Waals surface area contributed by atoms with Crippen LogP contribution in [0.2, 0.25) is 4.24 Å². The summed E-state index contributed by atoms with van der Waals surface area (Å²) in [5, 5.41) is 0. The van der Waals surface area contributed by atoms with E-state index in [-0.39, 0.29) is 0 Å². The number of hydrogen-bond acceptors (Lipinski definition) is 0. The monoisotopic (exact) mass is 88.0 g/mol. The van der Waals surface area contributed by atoms with Crippen LogP contribution < -0.4 is 5.62 Å². The molecule has 0 aromatic heterocycles. The van der Waals surface area contributed by atoms with Crippen LogP contribution in [0.5, 0.6) is 0 Å². The van der Waals surface area contributed by atoms with Crippen LogP contribution in [-0.4, -0.2) is 7.11 Å². The van der Waals surface area contributed by atoms with Crippen molar-refractivity contribution in [1.82, 2.24) is 0 Å². The molecular weight excluding hydrogens is 81.8 g/mol. The fourth-order valence-corrected chi connectivity index (χ4v) is 0. The van der Waals surface area contributed by atoms with Crippen molar-refractivity contribution in [1.29, 1.82) is 0 Å². The molecule has 5 heteroatoms. The minimum Gasteiger partial charge on any atom is -0.455 e. The molecule has 0 spiro atoms. The van der Waals surface area contributed by atoms with Crippen LogP contribution in [0.1, 0.15) is 0 Å². The maximum atomic E-state index is 11.0. The first-order chi connectivity index (χ1) is 3.25. The summed E-state index contributed by atoms with van der Waals surface area (Å²) in [6, 6.07) is 0. The number of hydrogen-bond donors (Lipinski definition) is 1. The molecule has 0 fully saturated rings. The lowest BCUT2D eigenvalue weighted by Gasteiger charge is -1.92. The van der Waals surface area contributed by atoms with Crippen LogP contribution in [0.3, 0.4) is 0 Å². The normalized spacial score (nSPS) is 23.4. The Bertz CT molecular complexity index is 69.5. The largest absolute Gasteiger partial charge is 0.728 e. The van der Waals surface area contributed by atoms with Crippen LogP contribution in [0.15, 0.2) is 0 Å². The molecule has 0 saturated heterocycles. The van der Waals surface area contributed by atoms with E-state index in [1.807, 2.05) is 0 Å². The summed E-state index contributed by atoms with van der Waals surface area (Å²) in [5.41, 5.74) is -3.17. The van der Waals surface area contributed by atoms with E-state index in [1.165, 1.54) is 0 Å². The number of halogens is 3.